The molecule has 0 saturated heterocycles. The maximum Gasteiger partial charge on any atom is 0.261 e. The average molecular weight is 294 g/mol. The fraction of sp³-hybridized carbons (Fsp3) is 0.143. The Morgan fingerprint density at radius 3 is 2.35 bits per heavy atom. The Balaban J connectivity index is 2.40. The molecule has 0 bridgehead atoms. The highest BCUT2D eigenvalue weighted by Gasteiger charge is 2.16. The quantitative estimate of drug-likeness (QED) is 0.855. The van der Waals surface area contributed by atoms with E-state index in [1.54, 1.807) is 19.9 Å². The van der Waals surface area contributed by atoms with Crippen molar-refractivity contribution in [3.63, 3.8) is 0 Å². The van der Waals surface area contributed by atoms with Crippen LogP contribution in [0.15, 0.2) is 41.3 Å². The Labute approximate surface area is 117 Å². The van der Waals surface area contributed by atoms with Crippen LogP contribution in [0.2, 0.25) is 0 Å². The number of aryl methyl sites for hydroxylation is 2. The first-order valence-corrected chi connectivity index (χ1v) is 7.43. The maximum absolute atomic E-state index is 13.2. The summed E-state index contributed by atoms with van der Waals surface area (Å²) in [6, 6.07) is 8.40. The van der Waals surface area contributed by atoms with Gasteiger partial charge in [-0.3, -0.25) is 4.72 Å². The third-order valence-corrected chi connectivity index (χ3v) is 4.37. The van der Waals surface area contributed by atoms with Crippen molar-refractivity contribution in [2.24, 2.45) is 0 Å². The molecular weight excluding hydrogens is 279 g/mol. The van der Waals surface area contributed by atoms with Crippen LogP contribution in [0, 0.1) is 19.7 Å². The summed E-state index contributed by atoms with van der Waals surface area (Å²) in [5, 5.41) is 0. The zero-order chi connectivity index (χ0) is 14.9. The van der Waals surface area contributed by atoms with Gasteiger partial charge in [-0.05, 0) is 49.2 Å². The molecule has 0 saturated carbocycles. The first kappa shape index (κ1) is 14.3. The van der Waals surface area contributed by atoms with Gasteiger partial charge in [0.05, 0.1) is 10.6 Å². The number of hydrogen-bond donors (Lipinski definition) is 2. The van der Waals surface area contributed by atoms with Gasteiger partial charge in [-0.25, -0.2) is 12.8 Å². The molecule has 20 heavy (non-hydrogen) atoms. The van der Waals surface area contributed by atoms with Crippen molar-refractivity contribution in [3.8, 4) is 0 Å². The van der Waals surface area contributed by atoms with Crippen molar-refractivity contribution in [1.82, 2.24) is 0 Å². The average Bonchev–Trinajstić information content (AvgIpc) is 2.36. The van der Waals surface area contributed by atoms with Crippen molar-refractivity contribution in [2.45, 2.75) is 18.7 Å². The highest BCUT2D eigenvalue weighted by molar-refractivity contribution is 7.92. The topological polar surface area (TPSA) is 72.2 Å². The Hall–Kier alpha value is -2.08. The lowest BCUT2D eigenvalue weighted by molar-refractivity contribution is 0.601. The minimum atomic E-state index is -3.79. The van der Waals surface area contributed by atoms with Crippen LogP contribution < -0.4 is 10.5 Å². The number of nitrogen functional groups attached to an aromatic ring is 1. The van der Waals surface area contributed by atoms with Gasteiger partial charge in [-0.15, -0.1) is 0 Å². The van der Waals surface area contributed by atoms with Crippen molar-refractivity contribution in [2.75, 3.05) is 10.5 Å². The molecule has 2 aromatic rings. The molecule has 0 unspecified atom stereocenters. The number of sulfonamides is 1. The Morgan fingerprint density at radius 2 is 1.70 bits per heavy atom. The second kappa shape index (κ2) is 5.13. The molecule has 2 rings (SSSR count). The summed E-state index contributed by atoms with van der Waals surface area (Å²) in [6.45, 7) is 3.48. The van der Waals surface area contributed by atoms with Crippen molar-refractivity contribution < 1.29 is 12.8 Å². The van der Waals surface area contributed by atoms with E-state index in [0.717, 1.165) is 11.6 Å². The number of nitrogens with one attached hydrogen (secondary N) is 1. The van der Waals surface area contributed by atoms with Gasteiger partial charge < -0.3 is 5.73 Å². The molecule has 0 atom stereocenters. The lowest BCUT2D eigenvalue weighted by atomic mass is 10.2. The van der Waals surface area contributed by atoms with E-state index in [9.17, 15) is 12.8 Å². The molecule has 0 amide bonds. The molecule has 106 valence electrons. The monoisotopic (exact) mass is 294 g/mol. The lowest BCUT2D eigenvalue weighted by Gasteiger charge is -2.11. The second-order valence-electron chi connectivity index (χ2n) is 4.58. The number of hydrogen-bond acceptors (Lipinski definition) is 3. The number of nitrogens with two attached hydrogens (primary N) is 1. The van der Waals surface area contributed by atoms with E-state index in [4.69, 9.17) is 5.73 Å². The van der Waals surface area contributed by atoms with Crippen LogP contribution in [-0.2, 0) is 10.0 Å². The molecule has 0 fully saturated rings. The highest BCUT2D eigenvalue weighted by Crippen LogP contribution is 2.22. The van der Waals surface area contributed by atoms with Crippen molar-refractivity contribution in [1.29, 1.82) is 0 Å². The third kappa shape index (κ3) is 2.91. The molecule has 0 radical (unpaired) electrons. The van der Waals surface area contributed by atoms with Crippen LogP contribution >= 0.6 is 0 Å². The van der Waals surface area contributed by atoms with Crippen LogP contribution in [0.1, 0.15) is 11.1 Å². The molecule has 0 spiro atoms. The predicted octanol–water partition coefficient (Wildman–Crippen LogP) is 2.83. The molecule has 0 heterocycles. The third-order valence-electron chi connectivity index (χ3n) is 3.00. The largest absolute Gasteiger partial charge is 0.398 e. The molecule has 6 heteroatoms. The molecule has 4 nitrogen and oxygen atoms in total. The fourth-order valence-corrected chi connectivity index (χ4v) is 2.85. The molecule has 0 aliphatic heterocycles. The van der Waals surface area contributed by atoms with Crippen LogP contribution in [0.5, 0.6) is 0 Å². The van der Waals surface area contributed by atoms with E-state index in [0.29, 0.717) is 11.3 Å². The van der Waals surface area contributed by atoms with E-state index in [2.05, 4.69) is 4.72 Å². The van der Waals surface area contributed by atoms with Crippen LogP contribution in [0.4, 0.5) is 15.8 Å². The summed E-state index contributed by atoms with van der Waals surface area (Å²) in [5.41, 5.74) is 7.75. The van der Waals surface area contributed by atoms with Crippen molar-refractivity contribution >= 4 is 21.4 Å². The van der Waals surface area contributed by atoms with E-state index < -0.39 is 15.8 Å². The minimum absolute atomic E-state index is 0.0456. The Morgan fingerprint density at radius 1 is 1.05 bits per heavy atom. The summed E-state index contributed by atoms with van der Waals surface area (Å²) in [6.07, 6.45) is 0. The summed E-state index contributed by atoms with van der Waals surface area (Å²) in [5.74, 6) is -0.503. The highest BCUT2D eigenvalue weighted by atomic mass is 32.2. The van der Waals surface area contributed by atoms with Crippen LogP contribution in [-0.4, -0.2) is 8.42 Å². The van der Waals surface area contributed by atoms with Crippen molar-refractivity contribution in [3.05, 3.63) is 53.3 Å². The SMILES string of the molecule is Cc1ccc(S(=O)(=O)Nc2cc(F)ccc2C)cc1N. The van der Waals surface area contributed by atoms with Gasteiger partial charge in [0, 0.05) is 5.69 Å². The van der Waals surface area contributed by atoms with Gasteiger partial charge in [0.15, 0.2) is 0 Å². The van der Waals surface area contributed by atoms with Gasteiger partial charge >= 0.3 is 0 Å². The Kier molecular flexibility index (Phi) is 3.67. The number of anilines is 2. The maximum atomic E-state index is 13.2. The number of halogens is 1. The summed E-state index contributed by atoms with van der Waals surface area (Å²) >= 11 is 0. The summed E-state index contributed by atoms with van der Waals surface area (Å²) < 4.78 is 40.0. The van der Waals surface area contributed by atoms with E-state index in [-0.39, 0.29) is 10.6 Å². The standard InChI is InChI=1S/C14H15FN2O2S/c1-9-4-6-12(8-13(9)16)20(18,19)17-14-7-11(15)5-3-10(14)2/h3-8,17H,16H2,1-2H3. The molecule has 0 aliphatic carbocycles. The van der Waals surface area contributed by atoms with Gasteiger partial charge in [0.25, 0.3) is 10.0 Å². The Bertz CT molecular complexity index is 758. The number of benzene rings is 2. The predicted molar refractivity (Wildman–Crippen MR) is 77.5 cm³/mol. The second-order valence-corrected chi connectivity index (χ2v) is 6.27. The zero-order valence-corrected chi connectivity index (χ0v) is 12.0. The molecule has 2 aromatic carbocycles. The van der Waals surface area contributed by atoms with Gasteiger partial charge in [0.2, 0.25) is 0 Å². The molecule has 0 aliphatic rings. The van der Waals surface area contributed by atoms with Gasteiger partial charge in [-0.2, -0.15) is 0 Å². The van der Waals surface area contributed by atoms with Crippen LogP contribution in [0.25, 0.3) is 0 Å². The number of rotatable bonds is 3. The normalized spacial score (nSPS) is 11.3. The minimum Gasteiger partial charge on any atom is -0.398 e. The fourth-order valence-electron chi connectivity index (χ4n) is 1.69. The lowest BCUT2D eigenvalue weighted by Crippen LogP contribution is -2.14. The smallest absolute Gasteiger partial charge is 0.261 e. The first-order chi connectivity index (χ1) is 9.29. The molecule has 3 N–H and O–H groups in total. The van der Waals surface area contributed by atoms with Gasteiger partial charge in [-0.1, -0.05) is 12.1 Å². The summed E-state index contributed by atoms with van der Waals surface area (Å²) in [7, 11) is -3.79. The molecular formula is C14H15FN2O2S. The first-order valence-electron chi connectivity index (χ1n) is 5.95. The summed E-state index contributed by atoms with van der Waals surface area (Å²) in [4.78, 5) is 0.0456. The molecule has 0 aromatic heterocycles. The van der Waals surface area contributed by atoms with E-state index >= 15 is 0 Å². The van der Waals surface area contributed by atoms with E-state index in [1.807, 2.05) is 0 Å². The van der Waals surface area contributed by atoms with Crippen LogP contribution in [0.3, 0.4) is 0 Å². The zero-order valence-electron chi connectivity index (χ0n) is 11.1. The van der Waals surface area contributed by atoms with E-state index in [1.165, 1.54) is 24.3 Å². The van der Waals surface area contributed by atoms with Gasteiger partial charge in [0.1, 0.15) is 5.82 Å².